The third kappa shape index (κ3) is 2.77. The molecule has 15 heavy (non-hydrogen) atoms. The van der Waals surface area contributed by atoms with Gasteiger partial charge in [0.15, 0.2) is 16.5 Å². The smallest absolute Gasteiger partial charge is 0.357 e. The molecule has 0 saturated heterocycles. The number of hydrogen-bond acceptors (Lipinski definition) is 5. The van der Waals surface area contributed by atoms with Gasteiger partial charge in [-0.05, 0) is 0 Å². The van der Waals surface area contributed by atoms with Gasteiger partial charge in [0.2, 0.25) is 0 Å². The van der Waals surface area contributed by atoms with Crippen LogP contribution in [0.5, 0.6) is 0 Å². The summed E-state index contributed by atoms with van der Waals surface area (Å²) >= 11 is 5.53. The van der Waals surface area contributed by atoms with E-state index in [1.54, 1.807) is 0 Å². The summed E-state index contributed by atoms with van der Waals surface area (Å²) in [6, 6.07) is 0. The molecule has 6 nitrogen and oxygen atoms in total. The number of aromatic nitrogens is 2. The topological polar surface area (TPSA) is 103 Å². The molecule has 0 saturated carbocycles. The van der Waals surface area contributed by atoms with Crippen LogP contribution in [0.25, 0.3) is 0 Å². The van der Waals surface area contributed by atoms with Crippen LogP contribution in [0.1, 0.15) is 21.0 Å². The Morgan fingerprint density at radius 2 is 2.13 bits per heavy atom. The number of aromatic carboxylic acids is 2. The minimum atomic E-state index is -1.39. The van der Waals surface area contributed by atoms with E-state index in [9.17, 15) is 9.59 Å². The quantitative estimate of drug-likeness (QED) is 0.520. The van der Waals surface area contributed by atoms with E-state index < -0.39 is 23.3 Å². The van der Waals surface area contributed by atoms with Crippen molar-refractivity contribution in [3.8, 4) is 0 Å². The first-order valence-electron chi connectivity index (χ1n) is 3.60. The maximum absolute atomic E-state index is 10.6. The number of imidazole rings is 1. The number of nitrogens with one attached hydrogen (secondary N) is 1. The third-order valence-electron chi connectivity index (χ3n) is 1.37. The van der Waals surface area contributed by atoms with E-state index in [2.05, 4.69) is 27.6 Å². The van der Waals surface area contributed by atoms with Gasteiger partial charge in [-0.15, -0.1) is 0 Å². The molecule has 0 aliphatic heterocycles. The van der Waals surface area contributed by atoms with Crippen molar-refractivity contribution in [1.29, 1.82) is 0 Å². The van der Waals surface area contributed by atoms with Crippen LogP contribution in [0.15, 0.2) is 5.16 Å². The highest BCUT2D eigenvalue weighted by atomic mass is 32.2. The van der Waals surface area contributed by atoms with E-state index in [0.29, 0.717) is 5.75 Å². The van der Waals surface area contributed by atoms with Gasteiger partial charge in [-0.2, -0.15) is 0 Å². The monoisotopic (exact) mass is 245 g/mol. The Hall–Kier alpha value is -1.41. The first-order chi connectivity index (χ1) is 7.06. The summed E-state index contributed by atoms with van der Waals surface area (Å²) in [5, 5.41) is 19.9. The van der Waals surface area contributed by atoms with E-state index in [0.717, 1.165) is 11.8 Å². The minimum absolute atomic E-state index is 0.196. The lowest BCUT2D eigenvalue weighted by atomic mass is 10.3. The average molecular weight is 245 g/mol. The highest BCUT2D eigenvalue weighted by Gasteiger charge is 2.21. The van der Waals surface area contributed by atoms with Crippen LogP contribution in [-0.4, -0.2) is 43.2 Å². The molecular formula is C7H5N2O4S2. The second-order valence-corrected chi connectivity index (χ2v) is 3.56. The number of nitrogens with zero attached hydrogens (tertiary/aromatic N) is 1. The van der Waals surface area contributed by atoms with Gasteiger partial charge in [0.1, 0.15) is 0 Å². The molecule has 0 bridgehead atoms. The molecule has 3 N–H and O–H groups in total. The molecule has 79 valence electrons. The molecule has 0 aliphatic rings. The number of carboxylic acid groups (broad SMARTS) is 2. The molecule has 1 radical (unpaired) electrons. The third-order valence-corrected chi connectivity index (χ3v) is 2.45. The lowest BCUT2D eigenvalue weighted by Crippen LogP contribution is -2.07. The molecule has 1 heterocycles. The van der Waals surface area contributed by atoms with Crippen LogP contribution in [0, 0.1) is 0 Å². The fourth-order valence-electron chi connectivity index (χ4n) is 0.827. The summed E-state index contributed by atoms with van der Waals surface area (Å²) in [4.78, 5) is 27.2. The largest absolute Gasteiger partial charge is 0.477 e. The summed E-state index contributed by atoms with van der Waals surface area (Å²) in [5.41, 5.74) is -0.941. The average Bonchev–Trinajstić information content (AvgIpc) is 2.58. The molecule has 8 heteroatoms. The zero-order valence-electron chi connectivity index (χ0n) is 7.18. The summed E-state index contributed by atoms with van der Waals surface area (Å²) in [7, 11) is 0. The Bertz CT molecular complexity index is 384. The molecular weight excluding hydrogens is 240 g/mol. The Kier molecular flexibility index (Phi) is 3.81. The van der Waals surface area contributed by atoms with Crippen molar-refractivity contribution in [3.05, 3.63) is 11.4 Å². The van der Waals surface area contributed by atoms with Crippen molar-refractivity contribution >= 4 is 41.3 Å². The van der Waals surface area contributed by atoms with E-state index in [1.807, 2.05) is 0 Å². The second-order valence-electron chi connectivity index (χ2n) is 2.31. The van der Waals surface area contributed by atoms with Crippen molar-refractivity contribution in [2.24, 2.45) is 0 Å². The molecule has 0 fully saturated rings. The molecule has 1 aromatic heterocycles. The van der Waals surface area contributed by atoms with Crippen LogP contribution in [-0.2, 0) is 0 Å². The van der Waals surface area contributed by atoms with Crippen molar-refractivity contribution in [2.45, 2.75) is 5.16 Å². The number of carboxylic acids is 2. The first-order valence-corrected chi connectivity index (χ1v) is 5.00. The van der Waals surface area contributed by atoms with Gasteiger partial charge in [-0.25, -0.2) is 14.6 Å². The zero-order valence-corrected chi connectivity index (χ0v) is 8.81. The molecule has 0 spiro atoms. The molecule has 0 unspecified atom stereocenters. The first kappa shape index (κ1) is 11.7. The minimum Gasteiger partial charge on any atom is -0.477 e. The van der Waals surface area contributed by atoms with Gasteiger partial charge in [-0.1, -0.05) is 24.0 Å². The summed E-state index contributed by atoms with van der Waals surface area (Å²) in [6.07, 6.45) is 0. The van der Waals surface area contributed by atoms with Crippen LogP contribution in [0.2, 0.25) is 0 Å². The van der Waals surface area contributed by atoms with Gasteiger partial charge >= 0.3 is 11.9 Å². The van der Waals surface area contributed by atoms with Gasteiger partial charge < -0.3 is 15.2 Å². The molecule has 0 aromatic carbocycles. The lowest BCUT2D eigenvalue weighted by molar-refractivity contribution is 0.0644. The van der Waals surface area contributed by atoms with Crippen molar-refractivity contribution in [1.82, 2.24) is 9.97 Å². The second kappa shape index (κ2) is 4.89. The van der Waals surface area contributed by atoms with E-state index >= 15 is 0 Å². The highest BCUT2D eigenvalue weighted by Crippen LogP contribution is 2.16. The maximum Gasteiger partial charge on any atom is 0.357 e. The number of thiocarbonyl (C=S) groups is 1. The van der Waals surface area contributed by atoms with Gasteiger partial charge in [0.05, 0.1) is 0 Å². The number of rotatable bonds is 5. The Balaban J connectivity index is 3.03. The zero-order chi connectivity index (χ0) is 11.4. The Labute approximate surface area is 93.7 Å². The number of carbonyl (C=O) groups is 2. The summed E-state index contributed by atoms with van der Waals surface area (Å²) in [5.74, 6) is -2.43. The Morgan fingerprint density at radius 1 is 1.47 bits per heavy atom. The lowest BCUT2D eigenvalue weighted by Gasteiger charge is -1.89. The number of aromatic amines is 1. The normalized spacial score (nSPS) is 9.87. The molecule has 1 aromatic rings. The van der Waals surface area contributed by atoms with Crippen LogP contribution in [0.4, 0.5) is 0 Å². The van der Waals surface area contributed by atoms with Gasteiger partial charge in [0.25, 0.3) is 0 Å². The number of hydrogen-bond donors (Lipinski definition) is 3. The standard InChI is InChI=1S/C7H5N2O4S2/c10-5(11)3-4(6(12)13)9-7(8-3)15-2-1-14/h2H2,(H,8,9)(H,10,11)(H,12,13). The van der Waals surface area contributed by atoms with Crippen molar-refractivity contribution < 1.29 is 19.8 Å². The van der Waals surface area contributed by atoms with Crippen LogP contribution < -0.4 is 0 Å². The molecule has 0 atom stereocenters. The fraction of sp³-hybridized carbons (Fsp3) is 0.143. The van der Waals surface area contributed by atoms with E-state index in [-0.39, 0.29) is 5.16 Å². The van der Waals surface area contributed by atoms with Crippen molar-refractivity contribution in [3.63, 3.8) is 0 Å². The Morgan fingerprint density at radius 3 is 2.53 bits per heavy atom. The highest BCUT2D eigenvalue weighted by molar-refractivity contribution is 8.00. The number of H-pyrrole nitrogens is 1. The summed E-state index contributed by atoms with van der Waals surface area (Å²) < 4.78 is 0. The molecule has 0 aliphatic carbocycles. The number of thioether (sulfide) groups is 1. The van der Waals surface area contributed by atoms with E-state index in [4.69, 9.17) is 10.2 Å². The SMILES string of the molecule is O=C(O)c1nc(SC[C]=S)[nH]c1C(=O)O. The maximum atomic E-state index is 10.6. The van der Waals surface area contributed by atoms with Gasteiger partial charge in [0, 0.05) is 11.1 Å². The van der Waals surface area contributed by atoms with Crippen molar-refractivity contribution in [2.75, 3.05) is 5.75 Å². The predicted octanol–water partition coefficient (Wildman–Crippen LogP) is 0.775. The molecule has 1 rings (SSSR count). The van der Waals surface area contributed by atoms with E-state index in [1.165, 1.54) is 0 Å². The van der Waals surface area contributed by atoms with Gasteiger partial charge in [-0.3, -0.25) is 0 Å². The molecule has 0 amide bonds. The fourth-order valence-corrected chi connectivity index (χ4v) is 1.53. The van der Waals surface area contributed by atoms with Crippen LogP contribution >= 0.6 is 24.0 Å². The summed E-state index contributed by atoms with van der Waals surface area (Å²) in [6.45, 7) is 0. The van der Waals surface area contributed by atoms with Crippen LogP contribution in [0.3, 0.4) is 0 Å². The predicted molar refractivity (Wildman–Crippen MR) is 55.8 cm³/mol.